The van der Waals surface area contributed by atoms with E-state index < -0.39 is 29.7 Å². The number of carbonyl (C=O) groups excluding carboxylic acids is 1. The molecule has 2 N–H and O–H groups in total. The zero-order valence-corrected chi connectivity index (χ0v) is 8.66. The molecule has 3 unspecified atom stereocenters. The highest BCUT2D eigenvalue weighted by Crippen LogP contribution is 2.26. The summed E-state index contributed by atoms with van der Waals surface area (Å²) in [7, 11) is 0. The highest BCUT2D eigenvalue weighted by Gasteiger charge is 2.38. The number of carbonyl (C=O) groups is 3. The topological polar surface area (TPSA) is 91.7 Å². The molecule has 0 aliphatic heterocycles. The highest BCUT2D eigenvalue weighted by molar-refractivity contribution is 5.98. The van der Waals surface area contributed by atoms with Gasteiger partial charge in [0.05, 0.1) is 17.8 Å². The Kier molecular flexibility index (Phi) is 3.60. The second kappa shape index (κ2) is 4.74. The van der Waals surface area contributed by atoms with Crippen molar-refractivity contribution >= 4 is 17.7 Å². The smallest absolute Gasteiger partial charge is 0.308 e. The van der Waals surface area contributed by atoms with Gasteiger partial charge in [-0.1, -0.05) is 25.2 Å². The predicted octanol–water partition coefficient (Wildman–Crippen LogP) is 0.719. The molecule has 5 heteroatoms. The Balaban J connectivity index is 2.99. The van der Waals surface area contributed by atoms with Crippen LogP contribution in [0.4, 0.5) is 0 Å². The van der Waals surface area contributed by atoms with E-state index in [0.29, 0.717) is 0 Å². The van der Waals surface area contributed by atoms with Crippen LogP contribution in [0.2, 0.25) is 0 Å². The first kappa shape index (κ1) is 12.2. The van der Waals surface area contributed by atoms with E-state index in [1.807, 2.05) is 0 Å². The van der Waals surface area contributed by atoms with Crippen molar-refractivity contribution in [1.82, 2.24) is 0 Å². The largest absolute Gasteiger partial charge is 0.481 e. The van der Waals surface area contributed by atoms with Crippen LogP contribution >= 0.6 is 0 Å². The van der Waals surface area contributed by atoms with Crippen molar-refractivity contribution in [3.05, 3.63) is 24.3 Å². The third-order valence-electron chi connectivity index (χ3n) is 2.62. The molecule has 0 saturated carbocycles. The Labute approximate surface area is 92.1 Å². The van der Waals surface area contributed by atoms with Crippen LogP contribution in [0, 0.1) is 17.8 Å². The fraction of sp³-hybridized carbons (Fsp3) is 0.364. The second-order valence-electron chi connectivity index (χ2n) is 3.66. The molecule has 0 bridgehead atoms. The van der Waals surface area contributed by atoms with Crippen molar-refractivity contribution < 1.29 is 24.6 Å². The Bertz CT molecular complexity index is 380. The summed E-state index contributed by atoms with van der Waals surface area (Å²) >= 11 is 0. The van der Waals surface area contributed by atoms with Gasteiger partial charge in [0.15, 0.2) is 5.78 Å². The fourth-order valence-corrected chi connectivity index (χ4v) is 1.67. The average molecular weight is 224 g/mol. The third kappa shape index (κ3) is 2.36. The highest BCUT2D eigenvalue weighted by atomic mass is 16.4. The van der Waals surface area contributed by atoms with E-state index >= 15 is 0 Å². The van der Waals surface area contributed by atoms with Gasteiger partial charge in [-0.25, -0.2) is 0 Å². The molecule has 86 valence electrons. The molecule has 0 amide bonds. The van der Waals surface area contributed by atoms with Crippen molar-refractivity contribution in [2.75, 3.05) is 0 Å². The standard InChI is InChI=1S/C11H12O5/c1-6(10(13)14)9(11(15)16)7-4-2-3-5-8(7)12/h2-7,9H,1H3,(H,13,14)(H,15,16). The van der Waals surface area contributed by atoms with Gasteiger partial charge >= 0.3 is 11.9 Å². The average Bonchev–Trinajstić information content (AvgIpc) is 2.20. The molecule has 3 atom stereocenters. The molecule has 5 nitrogen and oxygen atoms in total. The van der Waals surface area contributed by atoms with Crippen LogP contribution in [-0.4, -0.2) is 27.9 Å². The molecule has 0 heterocycles. The Hall–Kier alpha value is -1.91. The van der Waals surface area contributed by atoms with Crippen molar-refractivity contribution in [2.24, 2.45) is 17.8 Å². The first-order chi connectivity index (χ1) is 7.45. The van der Waals surface area contributed by atoms with Gasteiger partial charge in [-0.05, 0) is 6.08 Å². The van der Waals surface area contributed by atoms with E-state index in [-0.39, 0.29) is 5.78 Å². The van der Waals surface area contributed by atoms with E-state index in [0.717, 1.165) is 0 Å². The Morgan fingerprint density at radius 1 is 1.25 bits per heavy atom. The minimum absolute atomic E-state index is 0.372. The molecule has 0 aromatic heterocycles. The number of allylic oxidation sites excluding steroid dienone is 4. The zero-order valence-electron chi connectivity index (χ0n) is 8.66. The van der Waals surface area contributed by atoms with Crippen LogP contribution in [0.15, 0.2) is 24.3 Å². The van der Waals surface area contributed by atoms with Crippen LogP contribution in [0.3, 0.4) is 0 Å². The summed E-state index contributed by atoms with van der Waals surface area (Å²) in [6, 6.07) is 0. The van der Waals surface area contributed by atoms with Crippen LogP contribution in [0.1, 0.15) is 6.92 Å². The molecule has 16 heavy (non-hydrogen) atoms. The van der Waals surface area contributed by atoms with E-state index in [1.54, 1.807) is 6.08 Å². The van der Waals surface area contributed by atoms with Gasteiger partial charge in [-0.15, -0.1) is 0 Å². The van der Waals surface area contributed by atoms with Gasteiger partial charge < -0.3 is 10.2 Å². The van der Waals surface area contributed by atoms with Gasteiger partial charge in [-0.3, -0.25) is 14.4 Å². The van der Waals surface area contributed by atoms with E-state index in [4.69, 9.17) is 10.2 Å². The second-order valence-corrected chi connectivity index (χ2v) is 3.66. The van der Waals surface area contributed by atoms with Crippen LogP contribution in [0.5, 0.6) is 0 Å². The number of rotatable bonds is 4. The number of hydrogen-bond donors (Lipinski definition) is 2. The maximum atomic E-state index is 11.5. The molecule has 0 spiro atoms. The zero-order chi connectivity index (χ0) is 12.3. The Morgan fingerprint density at radius 2 is 1.88 bits per heavy atom. The maximum Gasteiger partial charge on any atom is 0.308 e. The van der Waals surface area contributed by atoms with E-state index in [1.165, 1.54) is 25.2 Å². The summed E-state index contributed by atoms with van der Waals surface area (Å²) in [6.07, 6.45) is 5.75. The lowest BCUT2D eigenvalue weighted by atomic mass is 9.78. The molecule has 0 radical (unpaired) electrons. The number of carboxylic acids is 2. The van der Waals surface area contributed by atoms with Gasteiger partial charge in [0.2, 0.25) is 0 Å². The SMILES string of the molecule is CC(C(=O)O)C(C(=O)O)C1C=CC=CC1=O. The summed E-state index contributed by atoms with van der Waals surface area (Å²) in [5.74, 6) is -6.10. The molecule has 0 fully saturated rings. The van der Waals surface area contributed by atoms with Crippen molar-refractivity contribution in [3.8, 4) is 0 Å². The molecule has 1 aliphatic carbocycles. The van der Waals surface area contributed by atoms with Gasteiger partial charge in [0, 0.05) is 0 Å². The molecule has 0 aromatic rings. The lowest BCUT2D eigenvalue weighted by molar-refractivity contribution is -0.155. The lowest BCUT2D eigenvalue weighted by Crippen LogP contribution is -2.36. The van der Waals surface area contributed by atoms with Crippen molar-refractivity contribution in [1.29, 1.82) is 0 Å². The monoisotopic (exact) mass is 224 g/mol. The predicted molar refractivity (Wildman–Crippen MR) is 54.7 cm³/mol. The minimum atomic E-state index is -1.27. The van der Waals surface area contributed by atoms with Crippen LogP contribution in [0.25, 0.3) is 0 Å². The number of carboxylic acid groups (broad SMARTS) is 2. The quantitative estimate of drug-likeness (QED) is 0.734. The lowest BCUT2D eigenvalue weighted by Gasteiger charge is -2.23. The molecule has 1 rings (SSSR count). The van der Waals surface area contributed by atoms with Crippen LogP contribution in [-0.2, 0) is 14.4 Å². The van der Waals surface area contributed by atoms with E-state index in [9.17, 15) is 14.4 Å². The number of aliphatic carboxylic acids is 2. The molecule has 0 aromatic carbocycles. The van der Waals surface area contributed by atoms with Crippen molar-refractivity contribution in [3.63, 3.8) is 0 Å². The molecular formula is C11H12O5. The van der Waals surface area contributed by atoms with E-state index in [2.05, 4.69) is 0 Å². The van der Waals surface area contributed by atoms with Gasteiger partial charge in [0.25, 0.3) is 0 Å². The summed E-state index contributed by atoms with van der Waals surface area (Å²) in [6.45, 7) is 1.29. The van der Waals surface area contributed by atoms with Gasteiger partial charge in [-0.2, -0.15) is 0 Å². The van der Waals surface area contributed by atoms with Gasteiger partial charge in [0.1, 0.15) is 0 Å². The number of hydrogen-bond acceptors (Lipinski definition) is 3. The number of ketones is 1. The first-order valence-corrected chi connectivity index (χ1v) is 4.79. The molecule has 1 aliphatic rings. The maximum absolute atomic E-state index is 11.5. The summed E-state index contributed by atoms with van der Waals surface area (Å²) < 4.78 is 0. The third-order valence-corrected chi connectivity index (χ3v) is 2.62. The minimum Gasteiger partial charge on any atom is -0.481 e. The normalized spacial score (nSPS) is 22.8. The summed E-state index contributed by atoms with van der Waals surface area (Å²) in [4.78, 5) is 33.3. The summed E-state index contributed by atoms with van der Waals surface area (Å²) in [5, 5.41) is 17.8. The first-order valence-electron chi connectivity index (χ1n) is 4.79. The van der Waals surface area contributed by atoms with Crippen molar-refractivity contribution in [2.45, 2.75) is 6.92 Å². The molecule has 0 saturated heterocycles. The molecular weight excluding hydrogens is 212 g/mol. The van der Waals surface area contributed by atoms with Crippen LogP contribution < -0.4 is 0 Å². The summed E-state index contributed by atoms with van der Waals surface area (Å²) in [5.41, 5.74) is 0. The fourth-order valence-electron chi connectivity index (χ4n) is 1.67. The Morgan fingerprint density at radius 3 is 2.31 bits per heavy atom.